The molecular formula is C24H27N5OS. The Bertz CT molecular complexity index is 1120. The van der Waals surface area contributed by atoms with Gasteiger partial charge in [-0.3, -0.25) is 9.78 Å². The van der Waals surface area contributed by atoms with Gasteiger partial charge in [0.25, 0.3) is 0 Å². The number of hydrogen-bond acceptors (Lipinski definition) is 3. The zero-order valence-corrected chi connectivity index (χ0v) is 19.0. The van der Waals surface area contributed by atoms with Crippen molar-refractivity contribution >= 4 is 34.6 Å². The molecule has 0 saturated carbocycles. The number of aryl methyl sites for hydroxylation is 2. The summed E-state index contributed by atoms with van der Waals surface area (Å²) in [5, 5.41) is 7.11. The van der Waals surface area contributed by atoms with Crippen LogP contribution in [0, 0.1) is 13.8 Å². The lowest BCUT2D eigenvalue weighted by Crippen LogP contribution is -2.30. The molecule has 1 aromatic carbocycles. The van der Waals surface area contributed by atoms with E-state index < -0.39 is 0 Å². The number of anilines is 2. The topological polar surface area (TPSA) is 62.2 Å². The smallest absolute Gasteiger partial charge is 0.224 e. The number of amides is 1. The highest BCUT2D eigenvalue weighted by atomic mass is 32.1. The number of nitrogens with one attached hydrogen (secondary N) is 2. The average Bonchev–Trinajstić information content (AvgIpc) is 3.28. The highest BCUT2D eigenvalue weighted by Gasteiger charge is 2.42. The van der Waals surface area contributed by atoms with E-state index in [1.54, 1.807) is 0 Å². The SMILES string of the molecule is CCC(=O)Nc1ccc(N2C(=S)N[C@@H](c3ccccn3)[C@@H]2c2ccc(C)n2C)cc1C. The van der Waals surface area contributed by atoms with Gasteiger partial charge in [-0.25, -0.2) is 0 Å². The molecule has 0 unspecified atom stereocenters. The monoisotopic (exact) mass is 433 g/mol. The predicted octanol–water partition coefficient (Wildman–Crippen LogP) is 4.56. The zero-order valence-electron chi connectivity index (χ0n) is 18.2. The molecule has 3 aromatic rings. The third kappa shape index (κ3) is 3.93. The standard InChI is InChI=1S/C24H27N5OS/c1-5-21(30)26-18-11-10-17(14-15(18)2)29-23(20-12-9-16(3)28(20)4)22(27-24(29)31)19-8-6-7-13-25-19/h6-14,22-23H,5H2,1-4H3,(H,26,30)(H,27,31)/t22-,23-/m0/s1. The zero-order chi connectivity index (χ0) is 22.1. The van der Waals surface area contributed by atoms with E-state index in [0.717, 1.165) is 28.3 Å². The van der Waals surface area contributed by atoms with Gasteiger partial charge in [-0.1, -0.05) is 13.0 Å². The highest BCUT2D eigenvalue weighted by molar-refractivity contribution is 7.80. The maximum atomic E-state index is 11.8. The number of nitrogens with zero attached hydrogens (tertiary/aromatic N) is 3. The maximum Gasteiger partial charge on any atom is 0.224 e. The molecule has 0 radical (unpaired) electrons. The van der Waals surface area contributed by atoms with Crippen LogP contribution in [0.1, 0.15) is 48.1 Å². The van der Waals surface area contributed by atoms with E-state index in [-0.39, 0.29) is 18.0 Å². The Morgan fingerprint density at radius 2 is 2.00 bits per heavy atom. The largest absolute Gasteiger partial charge is 0.351 e. The summed E-state index contributed by atoms with van der Waals surface area (Å²) in [4.78, 5) is 18.6. The summed E-state index contributed by atoms with van der Waals surface area (Å²) >= 11 is 5.80. The quantitative estimate of drug-likeness (QED) is 0.578. The first-order chi connectivity index (χ1) is 14.9. The van der Waals surface area contributed by atoms with Gasteiger partial charge in [0.2, 0.25) is 5.91 Å². The van der Waals surface area contributed by atoms with E-state index in [2.05, 4.69) is 57.3 Å². The normalized spacial score (nSPS) is 18.2. The Morgan fingerprint density at radius 1 is 1.19 bits per heavy atom. The fourth-order valence-electron chi connectivity index (χ4n) is 4.04. The molecule has 0 spiro atoms. The molecule has 3 heterocycles. The molecule has 7 heteroatoms. The molecule has 31 heavy (non-hydrogen) atoms. The van der Waals surface area contributed by atoms with Crippen LogP contribution in [0.25, 0.3) is 0 Å². The van der Waals surface area contributed by atoms with Crippen molar-refractivity contribution in [1.29, 1.82) is 0 Å². The number of pyridine rings is 1. The van der Waals surface area contributed by atoms with Gasteiger partial charge in [-0.15, -0.1) is 0 Å². The van der Waals surface area contributed by atoms with E-state index in [1.807, 2.05) is 50.4 Å². The van der Waals surface area contributed by atoms with Crippen LogP contribution in [0.15, 0.2) is 54.7 Å². The van der Waals surface area contributed by atoms with Crippen LogP contribution >= 0.6 is 12.2 Å². The first-order valence-electron chi connectivity index (χ1n) is 10.4. The molecule has 1 fully saturated rings. The molecule has 2 atom stereocenters. The van der Waals surface area contributed by atoms with Crippen molar-refractivity contribution in [1.82, 2.24) is 14.9 Å². The minimum Gasteiger partial charge on any atom is -0.351 e. The van der Waals surface area contributed by atoms with Crippen LogP contribution in [0.4, 0.5) is 11.4 Å². The number of benzene rings is 1. The molecule has 6 nitrogen and oxygen atoms in total. The Morgan fingerprint density at radius 3 is 2.61 bits per heavy atom. The molecule has 2 aromatic heterocycles. The number of aromatic nitrogens is 2. The van der Waals surface area contributed by atoms with Crippen LogP contribution in [0.5, 0.6) is 0 Å². The lowest BCUT2D eigenvalue weighted by atomic mass is 10.0. The highest BCUT2D eigenvalue weighted by Crippen LogP contribution is 2.42. The van der Waals surface area contributed by atoms with Gasteiger partial charge in [0.1, 0.15) is 6.04 Å². The van der Waals surface area contributed by atoms with Crippen molar-refractivity contribution in [3.8, 4) is 0 Å². The molecule has 1 amide bonds. The molecular weight excluding hydrogens is 406 g/mol. The number of thiocarbonyl (C=S) groups is 1. The Kier molecular flexibility index (Phi) is 5.78. The summed E-state index contributed by atoms with van der Waals surface area (Å²) in [7, 11) is 2.08. The van der Waals surface area contributed by atoms with Crippen LogP contribution in [0.2, 0.25) is 0 Å². The summed E-state index contributed by atoms with van der Waals surface area (Å²) in [6.45, 7) is 5.94. The number of carbonyl (C=O) groups is 1. The minimum absolute atomic E-state index is 0.00147. The molecule has 0 bridgehead atoms. The van der Waals surface area contributed by atoms with Gasteiger partial charge in [0, 0.05) is 42.4 Å². The Hall–Kier alpha value is -3.19. The Labute approximate surface area is 188 Å². The van der Waals surface area contributed by atoms with Gasteiger partial charge in [0.15, 0.2) is 5.11 Å². The molecule has 0 aliphatic carbocycles. The van der Waals surface area contributed by atoms with Crippen LogP contribution in [0.3, 0.4) is 0 Å². The van der Waals surface area contributed by atoms with Gasteiger partial charge in [-0.2, -0.15) is 0 Å². The Balaban J connectivity index is 1.78. The fourth-order valence-corrected chi connectivity index (χ4v) is 4.39. The lowest BCUT2D eigenvalue weighted by Gasteiger charge is -2.29. The van der Waals surface area contributed by atoms with Crippen LogP contribution < -0.4 is 15.5 Å². The third-order valence-electron chi connectivity index (χ3n) is 5.90. The molecule has 1 aliphatic heterocycles. The van der Waals surface area contributed by atoms with Crippen LogP contribution in [-0.2, 0) is 11.8 Å². The lowest BCUT2D eigenvalue weighted by molar-refractivity contribution is -0.115. The maximum absolute atomic E-state index is 11.8. The van der Waals surface area contributed by atoms with E-state index in [9.17, 15) is 4.79 Å². The van der Waals surface area contributed by atoms with E-state index >= 15 is 0 Å². The first-order valence-corrected chi connectivity index (χ1v) is 10.8. The number of rotatable bonds is 5. The van der Waals surface area contributed by atoms with Gasteiger partial charge in [0.05, 0.1) is 11.7 Å². The second kappa shape index (κ2) is 8.51. The van der Waals surface area contributed by atoms with Crippen molar-refractivity contribution in [3.05, 3.63) is 77.4 Å². The van der Waals surface area contributed by atoms with Crippen molar-refractivity contribution in [2.75, 3.05) is 10.2 Å². The summed E-state index contributed by atoms with van der Waals surface area (Å²) in [5.41, 5.74) is 6.07. The van der Waals surface area contributed by atoms with Gasteiger partial charge in [-0.05, 0) is 74.1 Å². The van der Waals surface area contributed by atoms with E-state index in [4.69, 9.17) is 12.2 Å². The third-order valence-corrected chi connectivity index (χ3v) is 6.21. The summed E-state index contributed by atoms with van der Waals surface area (Å²) in [6, 6.07) is 16.1. The van der Waals surface area contributed by atoms with Crippen molar-refractivity contribution in [2.45, 2.75) is 39.3 Å². The van der Waals surface area contributed by atoms with Crippen molar-refractivity contribution in [3.63, 3.8) is 0 Å². The van der Waals surface area contributed by atoms with Crippen molar-refractivity contribution in [2.24, 2.45) is 7.05 Å². The van der Waals surface area contributed by atoms with E-state index in [1.165, 1.54) is 5.69 Å². The van der Waals surface area contributed by atoms with Gasteiger partial charge < -0.3 is 20.1 Å². The molecule has 1 saturated heterocycles. The summed E-state index contributed by atoms with van der Waals surface area (Å²) < 4.78 is 2.20. The number of hydrogen-bond donors (Lipinski definition) is 2. The van der Waals surface area contributed by atoms with Crippen molar-refractivity contribution < 1.29 is 4.79 Å². The molecule has 2 N–H and O–H groups in total. The predicted molar refractivity (Wildman–Crippen MR) is 128 cm³/mol. The fraction of sp³-hybridized carbons (Fsp3) is 0.292. The second-order valence-corrected chi connectivity index (χ2v) is 8.24. The average molecular weight is 434 g/mol. The first kappa shape index (κ1) is 21.1. The molecule has 4 rings (SSSR count). The summed E-state index contributed by atoms with van der Waals surface area (Å²) in [6.07, 6.45) is 2.26. The number of carbonyl (C=O) groups excluding carboxylic acids is 1. The summed E-state index contributed by atoms with van der Waals surface area (Å²) in [5.74, 6) is 0.00147. The second-order valence-electron chi connectivity index (χ2n) is 7.86. The molecule has 1 aliphatic rings. The van der Waals surface area contributed by atoms with E-state index in [0.29, 0.717) is 11.5 Å². The molecule has 160 valence electrons. The minimum atomic E-state index is -0.0820. The van der Waals surface area contributed by atoms with Crippen LogP contribution in [-0.4, -0.2) is 20.6 Å². The van der Waals surface area contributed by atoms with Gasteiger partial charge >= 0.3 is 0 Å².